The number of aryl methyl sites for hydroxylation is 2. The molecular formula is C28H40N2O4. The van der Waals surface area contributed by atoms with Crippen LogP contribution in [0, 0.1) is 13.8 Å². The van der Waals surface area contributed by atoms with Gasteiger partial charge in [-0.1, -0.05) is 59.7 Å². The zero-order chi connectivity index (χ0) is 24.4. The van der Waals surface area contributed by atoms with Crippen molar-refractivity contribution in [3.8, 4) is 0 Å². The van der Waals surface area contributed by atoms with Gasteiger partial charge in [-0.25, -0.2) is 0 Å². The average molecular weight is 469 g/mol. The van der Waals surface area contributed by atoms with Crippen LogP contribution < -0.4 is 10.6 Å². The number of ether oxygens (including phenoxy) is 2. The maximum absolute atomic E-state index is 11.8. The van der Waals surface area contributed by atoms with Gasteiger partial charge < -0.3 is 20.1 Å². The van der Waals surface area contributed by atoms with Crippen LogP contribution in [-0.4, -0.2) is 51.3 Å². The summed E-state index contributed by atoms with van der Waals surface area (Å²) in [5, 5.41) is 6.58. The van der Waals surface area contributed by atoms with Crippen LogP contribution in [0.15, 0.2) is 48.5 Å². The molecule has 0 unspecified atom stereocenters. The van der Waals surface area contributed by atoms with Crippen molar-refractivity contribution >= 4 is 11.9 Å². The average Bonchev–Trinajstić information content (AvgIpc) is 2.81. The largest absolute Gasteiger partial charge is 0.464 e. The van der Waals surface area contributed by atoms with Crippen molar-refractivity contribution < 1.29 is 19.1 Å². The number of nitrogens with one attached hydrogen (secondary N) is 2. The third kappa shape index (κ3) is 13.1. The Morgan fingerprint density at radius 3 is 1.53 bits per heavy atom. The quantitative estimate of drug-likeness (QED) is 0.271. The normalized spacial score (nSPS) is 10.8. The van der Waals surface area contributed by atoms with Crippen molar-refractivity contribution in [2.24, 2.45) is 0 Å². The van der Waals surface area contributed by atoms with E-state index in [1.807, 2.05) is 0 Å². The Labute approximate surface area is 204 Å². The first-order valence-electron chi connectivity index (χ1n) is 12.4. The summed E-state index contributed by atoms with van der Waals surface area (Å²) in [4.78, 5) is 23.6. The maximum Gasteiger partial charge on any atom is 0.305 e. The molecule has 2 aromatic carbocycles. The van der Waals surface area contributed by atoms with Gasteiger partial charge in [-0.05, 0) is 63.7 Å². The SMILES string of the molecule is Cc1cccc(CCNCCOC(=O)CCCCC(=O)OCCNCCc2cccc(C)c2)c1. The van der Waals surface area contributed by atoms with E-state index in [1.165, 1.54) is 22.3 Å². The second-order valence-corrected chi connectivity index (χ2v) is 8.63. The van der Waals surface area contributed by atoms with E-state index in [1.54, 1.807) is 0 Å². The number of hydrogen-bond donors (Lipinski definition) is 2. The Balaban J connectivity index is 1.36. The molecule has 6 heteroatoms. The molecule has 2 N–H and O–H groups in total. The topological polar surface area (TPSA) is 76.7 Å². The molecule has 0 saturated carbocycles. The first-order valence-corrected chi connectivity index (χ1v) is 12.4. The second-order valence-electron chi connectivity index (χ2n) is 8.63. The third-order valence-corrected chi connectivity index (χ3v) is 5.44. The summed E-state index contributed by atoms with van der Waals surface area (Å²) in [7, 11) is 0. The van der Waals surface area contributed by atoms with E-state index in [0.717, 1.165) is 25.9 Å². The Bertz CT molecular complexity index is 797. The molecule has 0 saturated heterocycles. The summed E-state index contributed by atoms with van der Waals surface area (Å²) in [6.45, 7) is 7.90. The lowest BCUT2D eigenvalue weighted by Crippen LogP contribution is -2.23. The number of carbonyl (C=O) groups excluding carboxylic acids is 2. The Morgan fingerprint density at radius 2 is 1.12 bits per heavy atom. The van der Waals surface area contributed by atoms with Crippen LogP contribution in [0.3, 0.4) is 0 Å². The molecule has 2 aromatic rings. The summed E-state index contributed by atoms with van der Waals surface area (Å²) in [5.41, 5.74) is 5.14. The smallest absolute Gasteiger partial charge is 0.305 e. The fourth-order valence-electron chi connectivity index (χ4n) is 3.61. The monoisotopic (exact) mass is 468 g/mol. The summed E-state index contributed by atoms with van der Waals surface area (Å²) in [6, 6.07) is 16.9. The summed E-state index contributed by atoms with van der Waals surface area (Å²) < 4.78 is 10.5. The highest BCUT2D eigenvalue weighted by Crippen LogP contribution is 2.05. The molecule has 0 fully saturated rings. The van der Waals surface area contributed by atoms with Gasteiger partial charge >= 0.3 is 11.9 Å². The van der Waals surface area contributed by atoms with Crippen molar-refractivity contribution in [3.63, 3.8) is 0 Å². The third-order valence-electron chi connectivity index (χ3n) is 5.44. The van der Waals surface area contributed by atoms with Crippen molar-refractivity contribution in [1.29, 1.82) is 0 Å². The van der Waals surface area contributed by atoms with Crippen molar-refractivity contribution in [2.75, 3.05) is 39.4 Å². The predicted molar refractivity (Wildman–Crippen MR) is 136 cm³/mol. The minimum Gasteiger partial charge on any atom is -0.464 e. The van der Waals surface area contributed by atoms with Gasteiger partial charge in [0, 0.05) is 25.9 Å². The van der Waals surface area contributed by atoms with Gasteiger partial charge in [0.1, 0.15) is 13.2 Å². The lowest BCUT2D eigenvalue weighted by atomic mass is 10.1. The Morgan fingerprint density at radius 1 is 0.676 bits per heavy atom. The van der Waals surface area contributed by atoms with Crippen LogP contribution >= 0.6 is 0 Å². The zero-order valence-electron chi connectivity index (χ0n) is 20.7. The van der Waals surface area contributed by atoms with E-state index in [-0.39, 0.29) is 11.9 Å². The first kappa shape index (κ1) is 27.5. The number of esters is 2. The Hall–Kier alpha value is -2.70. The summed E-state index contributed by atoms with van der Waals surface area (Å²) in [5.74, 6) is -0.432. The highest BCUT2D eigenvalue weighted by molar-refractivity contribution is 5.70. The van der Waals surface area contributed by atoms with Crippen LogP contribution in [0.5, 0.6) is 0 Å². The molecule has 0 aromatic heterocycles. The van der Waals surface area contributed by atoms with Crippen LogP contribution in [-0.2, 0) is 31.9 Å². The lowest BCUT2D eigenvalue weighted by Gasteiger charge is -2.08. The van der Waals surface area contributed by atoms with E-state index in [4.69, 9.17) is 9.47 Å². The number of rotatable bonds is 17. The van der Waals surface area contributed by atoms with Gasteiger partial charge in [0.15, 0.2) is 0 Å². The molecule has 0 bridgehead atoms. The number of benzene rings is 2. The maximum atomic E-state index is 11.8. The highest BCUT2D eigenvalue weighted by Gasteiger charge is 2.06. The van der Waals surface area contributed by atoms with E-state index in [2.05, 4.69) is 73.0 Å². The molecule has 0 amide bonds. The Kier molecular flexibility index (Phi) is 13.6. The molecule has 2 rings (SSSR count). The van der Waals surface area contributed by atoms with Crippen LogP contribution in [0.25, 0.3) is 0 Å². The van der Waals surface area contributed by atoms with Gasteiger partial charge in [0.25, 0.3) is 0 Å². The lowest BCUT2D eigenvalue weighted by molar-refractivity contribution is -0.145. The van der Waals surface area contributed by atoms with Crippen LogP contribution in [0.4, 0.5) is 0 Å². The van der Waals surface area contributed by atoms with Gasteiger partial charge in [0.05, 0.1) is 0 Å². The summed E-state index contributed by atoms with van der Waals surface area (Å²) >= 11 is 0. The summed E-state index contributed by atoms with van der Waals surface area (Å²) in [6.07, 6.45) is 3.82. The van der Waals surface area contributed by atoms with Crippen molar-refractivity contribution in [1.82, 2.24) is 10.6 Å². The van der Waals surface area contributed by atoms with Crippen molar-refractivity contribution in [3.05, 3.63) is 70.8 Å². The molecule has 6 nitrogen and oxygen atoms in total. The molecule has 186 valence electrons. The van der Waals surface area contributed by atoms with Crippen LogP contribution in [0.2, 0.25) is 0 Å². The fourth-order valence-corrected chi connectivity index (χ4v) is 3.61. The molecule has 0 heterocycles. The zero-order valence-corrected chi connectivity index (χ0v) is 20.7. The van der Waals surface area contributed by atoms with E-state index >= 15 is 0 Å². The first-order chi connectivity index (χ1) is 16.5. The number of unbranched alkanes of at least 4 members (excludes halogenated alkanes) is 1. The fraction of sp³-hybridized carbons (Fsp3) is 0.500. The molecular weight excluding hydrogens is 428 g/mol. The molecule has 0 atom stereocenters. The van der Waals surface area contributed by atoms with Crippen molar-refractivity contribution in [2.45, 2.75) is 52.4 Å². The van der Waals surface area contributed by atoms with Gasteiger partial charge in [0.2, 0.25) is 0 Å². The standard InChI is InChI=1S/C28H40N2O4/c1-23-7-5-9-25(21-23)13-15-29-17-19-33-27(31)11-3-4-12-28(32)34-20-18-30-16-14-26-10-6-8-24(2)22-26/h5-10,21-22,29-30H,3-4,11-20H2,1-2H3. The minimum atomic E-state index is -0.216. The molecule has 0 spiro atoms. The van der Waals surface area contributed by atoms with Gasteiger partial charge in [-0.15, -0.1) is 0 Å². The van der Waals surface area contributed by atoms with E-state index < -0.39 is 0 Å². The van der Waals surface area contributed by atoms with Gasteiger partial charge in [-0.2, -0.15) is 0 Å². The molecule has 0 radical (unpaired) electrons. The minimum absolute atomic E-state index is 0.216. The second kappa shape index (κ2) is 16.8. The molecule has 34 heavy (non-hydrogen) atoms. The highest BCUT2D eigenvalue weighted by atomic mass is 16.5. The van der Waals surface area contributed by atoms with E-state index in [0.29, 0.717) is 52.0 Å². The molecule has 0 aliphatic carbocycles. The predicted octanol–water partition coefficient (Wildman–Crippen LogP) is 3.91. The van der Waals surface area contributed by atoms with E-state index in [9.17, 15) is 9.59 Å². The van der Waals surface area contributed by atoms with Crippen LogP contribution in [0.1, 0.15) is 47.9 Å². The number of carbonyl (C=O) groups is 2. The molecule has 0 aliphatic rings. The number of hydrogen-bond acceptors (Lipinski definition) is 6. The van der Waals surface area contributed by atoms with Gasteiger partial charge in [-0.3, -0.25) is 9.59 Å². The molecule has 0 aliphatic heterocycles.